The first-order chi connectivity index (χ1) is 15.8. The Balaban J connectivity index is 1.23. The SMILES string of the molecule is C[C@H]1CC[C@@]2(C)C(CCC3C2CC[C@]2(C)C(C(=O)Cn4ncc5ccc(F)cc54)CCC32)C1. The van der Waals surface area contributed by atoms with E-state index in [0.717, 1.165) is 41.0 Å². The van der Waals surface area contributed by atoms with Crippen LogP contribution in [0, 0.1) is 52.2 Å². The molecule has 1 aromatic heterocycles. The summed E-state index contributed by atoms with van der Waals surface area (Å²) in [5, 5.41) is 5.33. The van der Waals surface area contributed by atoms with E-state index in [2.05, 4.69) is 25.9 Å². The van der Waals surface area contributed by atoms with E-state index in [1.807, 2.05) is 0 Å². The summed E-state index contributed by atoms with van der Waals surface area (Å²) < 4.78 is 15.5. The van der Waals surface area contributed by atoms with Crippen LogP contribution in [0.2, 0.25) is 0 Å². The maximum absolute atomic E-state index is 13.8. The van der Waals surface area contributed by atoms with Crippen LogP contribution in [0.5, 0.6) is 0 Å². The van der Waals surface area contributed by atoms with E-state index in [1.54, 1.807) is 16.9 Å². The van der Waals surface area contributed by atoms with Gasteiger partial charge in [0, 0.05) is 11.3 Å². The van der Waals surface area contributed by atoms with Crippen LogP contribution in [-0.4, -0.2) is 15.6 Å². The fourth-order valence-corrected chi connectivity index (χ4v) is 9.43. The maximum Gasteiger partial charge on any atom is 0.157 e. The number of ketones is 1. The number of nitrogens with zero attached hydrogens (tertiary/aromatic N) is 2. The standard InChI is InChI=1S/C29H39FN2O/c1-18-10-12-28(2)20(14-18)5-7-22-23-8-9-25(29(23,3)13-11-24(22)28)27(33)17-32-26-15-21(30)6-4-19(26)16-31-32/h4,6,15-16,18,20,22-25H,5,7-14,17H2,1-3H3/t18-,20?,22?,23?,24?,25?,28-,29-/m0/s1. The topological polar surface area (TPSA) is 34.9 Å². The lowest BCUT2D eigenvalue weighted by Crippen LogP contribution is -2.53. The van der Waals surface area contributed by atoms with Crippen molar-refractivity contribution in [3.8, 4) is 0 Å². The van der Waals surface area contributed by atoms with Gasteiger partial charge < -0.3 is 0 Å². The van der Waals surface area contributed by atoms with Crippen LogP contribution in [0.3, 0.4) is 0 Å². The summed E-state index contributed by atoms with van der Waals surface area (Å²) in [6, 6.07) is 4.71. The summed E-state index contributed by atoms with van der Waals surface area (Å²) in [6.45, 7) is 7.78. The van der Waals surface area contributed by atoms with Crippen LogP contribution in [0.1, 0.15) is 78.6 Å². The minimum atomic E-state index is -0.274. The molecule has 1 aromatic carbocycles. The number of Topliss-reactive ketones (excluding diaryl/α,β-unsaturated/α-hetero) is 1. The van der Waals surface area contributed by atoms with Crippen molar-refractivity contribution < 1.29 is 9.18 Å². The minimum Gasteiger partial charge on any atom is -0.297 e. The molecule has 4 heteroatoms. The monoisotopic (exact) mass is 450 g/mol. The lowest BCUT2D eigenvalue weighted by atomic mass is 9.44. The molecule has 33 heavy (non-hydrogen) atoms. The van der Waals surface area contributed by atoms with Crippen LogP contribution < -0.4 is 0 Å². The maximum atomic E-state index is 13.8. The number of hydrogen-bond acceptors (Lipinski definition) is 2. The van der Waals surface area contributed by atoms with E-state index >= 15 is 0 Å². The lowest BCUT2D eigenvalue weighted by Gasteiger charge is -2.61. The quantitative estimate of drug-likeness (QED) is 0.503. The molecular formula is C29H39FN2O. The number of carbonyl (C=O) groups excluding carboxylic acids is 1. The zero-order valence-electron chi connectivity index (χ0n) is 20.5. The minimum absolute atomic E-state index is 0.119. The van der Waals surface area contributed by atoms with Gasteiger partial charge in [-0.3, -0.25) is 9.48 Å². The second kappa shape index (κ2) is 7.65. The van der Waals surface area contributed by atoms with Gasteiger partial charge in [-0.1, -0.05) is 27.2 Å². The first kappa shape index (κ1) is 21.8. The van der Waals surface area contributed by atoms with Gasteiger partial charge in [-0.25, -0.2) is 4.39 Å². The van der Waals surface area contributed by atoms with E-state index in [1.165, 1.54) is 63.5 Å². The summed E-state index contributed by atoms with van der Waals surface area (Å²) in [5.74, 6) is 4.31. The highest BCUT2D eigenvalue weighted by atomic mass is 19.1. The molecule has 0 saturated heterocycles. The molecule has 3 nitrogen and oxygen atoms in total. The van der Waals surface area contributed by atoms with Crippen molar-refractivity contribution in [1.82, 2.24) is 9.78 Å². The average molecular weight is 451 g/mol. The van der Waals surface area contributed by atoms with Crippen LogP contribution >= 0.6 is 0 Å². The molecule has 4 aliphatic rings. The van der Waals surface area contributed by atoms with Crippen molar-refractivity contribution in [2.75, 3.05) is 0 Å². The molecule has 0 N–H and O–H groups in total. The molecule has 4 fully saturated rings. The third-order valence-electron chi connectivity index (χ3n) is 11.2. The van der Waals surface area contributed by atoms with Crippen molar-refractivity contribution in [2.45, 2.75) is 85.1 Å². The molecule has 178 valence electrons. The summed E-state index contributed by atoms with van der Waals surface area (Å²) in [5.41, 5.74) is 1.37. The van der Waals surface area contributed by atoms with Gasteiger partial charge in [0.15, 0.2) is 5.78 Å². The Kier molecular flexibility index (Phi) is 5.05. The smallest absolute Gasteiger partial charge is 0.157 e. The molecule has 6 rings (SSSR count). The zero-order valence-corrected chi connectivity index (χ0v) is 20.5. The number of hydrogen-bond donors (Lipinski definition) is 0. The van der Waals surface area contributed by atoms with Gasteiger partial charge >= 0.3 is 0 Å². The third-order valence-corrected chi connectivity index (χ3v) is 11.2. The average Bonchev–Trinajstić information content (AvgIpc) is 3.34. The predicted octanol–water partition coefficient (Wildman–Crippen LogP) is 7.04. The number of aromatic nitrogens is 2. The summed E-state index contributed by atoms with van der Waals surface area (Å²) >= 11 is 0. The number of carbonyl (C=O) groups is 1. The van der Waals surface area contributed by atoms with Crippen molar-refractivity contribution in [1.29, 1.82) is 0 Å². The highest BCUT2D eigenvalue weighted by Crippen LogP contribution is 2.67. The predicted molar refractivity (Wildman–Crippen MR) is 129 cm³/mol. The molecule has 4 saturated carbocycles. The Morgan fingerprint density at radius 1 is 1.06 bits per heavy atom. The van der Waals surface area contributed by atoms with E-state index in [0.29, 0.717) is 17.1 Å². The van der Waals surface area contributed by atoms with E-state index in [4.69, 9.17) is 0 Å². The molecule has 0 amide bonds. The van der Waals surface area contributed by atoms with Gasteiger partial charge in [-0.15, -0.1) is 0 Å². The van der Waals surface area contributed by atoms with Crippen molar-refractivity contribution in [3.05, 3.63) is 30.2 Å². The first-order valence-corrected chi connectivity index (χ1v) is 13.4. The Labute approximate surface area is 197 Å². The molecular weight excluding hydrogens is 411 g/mol. The van der Waals surface area contributed by atoms with Gasteiger partial charge in [0.2, 0.25) is 0 Å². The molecule has 0 aliphatic heterocycles. The van der Waals surface area contributed by atoms with Crippen LogP contribution in [0.4, 0.5) is 4.39 Å². The van der Waals surface area contributed by atoms with E-state index in [-0.39, 0.29) is 23.7 Å². The molecule has 2 aromatic rings. The summed E-state index contributed by atoms with van der Waals surface area (Å²) in [4.78, 5) is 13.6. The number of benzene rings is 1. The second-order valence-electron chi connectivity index (χ2n) is 12.7. The second-order valence-corrected chi connectivity index (χ2v) is 12.7. The van der Waals surface area contributed by atoms with Gasteiger partial charge in [-0.2, -0.15) is 5.10 Å². The molecule has 0 spiro atoms. The molecule has 0 bridgehead atoms. The number of halogens is 1. The van der Waals surface area contributed by atoms with Crippen LogP contribution in [0.25, 0.3) is 10.9 Å². The normalized spacial score (nSPS) is 42.5. The number of rotatable bonds is 3. The fraction of sp³-hybridized carbons (Fsp3) is 0.724. The van der Waals surface area contributed by atoms with Gasteiger partial charge in [-0.05, 0) is 110 Å². The van der Waals surface area contributed by atoms with Gasteiger partial charge in [0.05, 0.1) is 11.7 Å². The number of fused-ring (bicyclic) bond motifs is 6. The van der Waals surface area contributed by atoms with Gasteiger partial charge in [0.1, 0.15) is 12.4 Å². The largest absolute Gasteiger partial charge is 0.297 e. The molecule has 0 radical (unpaired) electrons. The Morgan fingerprint density at radius 3 is 2.70 bits per heavy atom. The van der Waals surface area contributed by atoms with E-state index in [9.17, 15) is 9.18 Å². The fourth-order valence-electron chi connectivity index (χ4n) is 9.43. The van der Waals surface area contributed by atoms with Gasteiger partial charge in [0.25, 0.3) is 0 Å². The first-order valence-electron chi connectivity index (χ1n) is 13.4. The Hall–Kier alpha value is -1.71. The Morgan fingerprint density at radius 2 is 1.85 bits per heavy atom. The van der Waals surface area contributed by atoms with Crippen molar-refractivity contribution in [2.24, 2.45) is 46.3 Å². The Bertz CT molecular complexity index is 1080. The summed E-state index contributed by atoms with van der Waals surface area (Å²) in [6.07, 6.45) is 13.5. The highest BCUT2D eigenvalue weighted by molar-refractivity contribution is 5.85. The molecule has 5 unspecified atom stereocenters. The van der Waals surface area contributed by atoms with Crippen LogP contribution in [-0.2, 0) is 11.3 Å². The van der Waals surface area contributed by atoms with Crippen molar-refractivity contribution >= 4 is 16.7 Å². The van der Waals surface area contributed by atoms with E-state index < -0.39 is 0 Å². The van der Waals surface area contributed by atoms with Crippen LogP contribution in [0.15, 0.2) is 24.4 Å². The molecule has 4 aliphatic carbocycles. The summed E-state index contributed by atoms with van der Waals surface area (Å²) in [7, 11) is 0. The molecule has 1 heterocycles. The highest BCUT2D eigenvalue weighted by Gasteiger charge is 2.60. The van der Waals surface area contributed by atoms with Crippen molar-refractivity contribution in [3.63, 3.8) is 0 Å². The molecule has 8 atom stereocenters. The third kappa shape index (κ3) is 3.26. The lowest BCUT2D eigenvalue weighted by molar-refractivity contribution is -0.137. The zero-order chi connectivity index (χ0) is 23.0.